The highest BCUT2D eigenvalue weighted by molar-refractivity contribution is 6.30. The molecule has 0 aliphatic carbocycles. The van der Waals surface area contributed by atoms with Gasteiger partial charge in [0.05, 0.1) is 6.54 Å². The molecule has 1 aromatic carbocycles. The van der Waals surface area contributed by atoms with Crippen LogP contribution >= 0.6 is 11.6 Å². The van der Waals surface area contributed by atoms with Crippen molar-refractivity contribution in [2.45, 2.75) is 25.2 Å². The molecule has 0 spiro atoms. The fraction of sp³-hybridized carbons (Fsp3) is 0.500. The molecule has 1 unspecified atom stereocenters. The first-order valence-corrected chi connectivity index (χ1v) is 7.27. The first-order valence-electron chi connectivity index (χ1n) is 6.90. The SMILES string of the molecule is O=C(NCc1cccc(Cl)c1)NC1CCN(CC(F)(F)F)C1. The van der Waals surface area contributed by atoms with E-state index in [1.807, 2.05) is 6.07 Å². The Kier molecular flexibility index (Phi) is 5.52. The van der Waals surface area contributed by atoms with E-state index in [0.29, 0.717) is 24.5 Å². The lowest BCUT2D eigenvalue weighted by atomic mass is 10.2. The number of nitrogens with one attached hydrogen (secondary N) is 2. The number of rotatable bonds is 4. The van der Waals surface area contributed by atoms with Crippen molar-refractivity contribution in [3.63, 3.8) is 0 Å². The maximum atomic E-state index is 12.3. The van der Waals surface area contributed by atoms with Crippen LogP contribution in [-0.4, -0.2) is 42.8 Å². The van der Waals surface area contributed by atoms with Crippen molar-refractivity contribution in [1.82, 2.24) is 15.5 Å². The molecule has 1 saturated heterocycles. The van der Waals surface area contributed by atoms with Crippen molar-refractivity contribution >= 4 is 17.6 Å². The molecule has 1 aliphatic heterocycles. The number of urea groups is 1. The van der Waals surface area contributed by atoms with E-state index in [1.54, 1.807) is 18.2 Å². The summed E-state index contributed by atoms with van der Waals surface area (Å²) in [6.07, 6.45) is -3.69. The number of benzene rings is 1. The van der Waals surface area contributed by atoms with Crippen molar-refractivity contribution in [2.75, 3.05) is 19.6 Å². The van der Waals surface area contributed by atoms with Crippen molar-refractivity contribution in [2.24, 2.45) is 0 Å². The molecule has 0 radical (unpaired) electrons. The number of alkyl halides is 3. The van der Waals surface area contributed by atoms with E-state index in [2.05, 4.69) is 10.6 Å². The number of amides is 2. The summed E-state index contributed by atoms with van der Waals surface area (Å²) in [6, 6.07) is 6.43. The third-order valence-electron chi connectivity index (χ3n) is 3.35. The Labute approximate surface area is 131 Å². The summed E-state index contributed by atoms with van der Waals surface area (Å²) < 4.78 is 36.9. The third-order valence-corrected chi connectivity index (χ3v) is 3.59. The zero-order valence-corrected chi connectivity index (χ0v) is 12.5. The molecule has 122 valence electrons. The topological polar surface area (TPSA) is 44.4 Å². The predicted octanol–water partition coefficient (Wildman–Crippen LogP) is 2.78. The summed E-state index contributed by atoms with van der Waals surface area (Å²) in [5, 5.41) is 5.94. The first kappa shape index (κ1) is 16.9. The zero-order valence-electron chi connectivity index (χ0n) is 11.8. The van der Waals surface area contributed by atoms with Crippen LogP contribution in [0.4, 0.5) is 18.0 Å². The molecule has 2 N–H and O–H groups in total. The first-order chi connectivity index (χ1) is 10.3. The van der Waals surface area contributed by atoms with Crippen LogP contribution in [-0.2, 0) is 6.54 Å². The average molecular weight is 336 g/mol. The van der Waals surface area contributed by atoms with E-state index in [0.717, 1.165) is 5.56 Å². The van der Waals surface area contributed by atoms with Crippen LogP contribution in [0.25, 0.3) is 0 Å². The van der Waals surface area contributed by atoms with E-state index in [-0.39, 0.29) is 18.6 Å². The fourth-order valence-electron chi connectivity index (χ4n) is 2.41. The Hall–Kier alpha value is -1.47. The second-order valence-electron chi connectivity index (χ2n) is 5.29. The monoisotopic (exact) mass is 335 g/mol. The molecular weight excluding hydrogens is 319 g/mol. The summed E-state index contributed by atoms with van der Waals surface area (Å²) in [4.78, 5) is 13.0. The number of carbonyl (C=O) groups is 1. The quantitative estimate of drug-likeness (QED) is 0.888. The van der Waals surface area contributed by atoms with Gasteiger partial charge in [-0.1, -0.05) is 23.7 Å². The molecule has 1 fully saturated rings. The van der Waals surface area contributed by atoms with Gasteiger partial charge in [0.2, 0.25) is 0 Å². The molecule has 1 heterocycles. The Bertz CT molecular complexity index is 524. The normalized spacial score (nSPS) is 19.2. The largest absolute Gasteiger partial charge is 0.401 e. The number of likely N-dealkylation sites (tertiary alicyclic amines) is 1. The summed E-state index contributed by atoms with van der Waals surface area (Å²) in [5.74, 6) is 0. The van der Waals surface area contributed by atoms with Gasteiger partial charge >= 0.3 is 12.2 Å². The number of nitrogens with zero attached hydrogens (tertiary/aromatic N) is 1. The molecule has 2 amide bonds. The van der Waals surface area contributed by atoms with Crippen molar-refractivity contribution < 1.29 is 18.0 Å². The van der Waals surface area contributed by atoms with Crippen LogP contribution < -0.4 is 10.6 Å². The van der Waals surface area contributed by atoms with Crippen molar-refractivity contribution in [3.8, 4) is 0 Å². The molecule has 8 heteroatoms. The minimum Gasteiger partial charge on any atom is -0.334 e. The Morgan fingerprint density at radius 2 is 2.18 bits per heavy atom. The van der Waals surface area contributed by atoms with Crippen LogP contribution in [0, 0.1) is 0 Å². The predicted molar refractivity (Wildman–Crippen MR) is 77.7 cm³/mol. The second-order valence-corrected chi connectivity index (χ2v) is 5.73. The van der Waals surface area contributed by atoms with Gasteiger partial charge in [-0.3, -0.25) is 4.90 Å². The minimum absolute atomic E-state index is 0.212. The molecule has 1 atom stereocenters. The maximum Gasteiger partial charge on any atom is 0.401 e. The summed E-state index contributed by atoms with van der Waals surface area (Å²) in [7, 11) is 0. The molecule has 0 saturated carbocycles. The molecule has 2 rings (SSSR count). The van der Waals surface area contributed by atoms with Gasteiger partial charge in [-0.25, -0.2) is 4.79 Å². The lowest BCUT2D eigenvalue weighted by Crippen LogP contribution is -2.43. The average Bonchev–Trinajstić information content (AvgIpc) is 2.81. The van der Waals surface area contributed by atoms with Crippen LogP contribution in [0.15, 0.2) is 24.3 Å². The van der Waals surface area contributed by atoms with Crippen molar-refractivity contribution in [1.29, 1.82) is 0 Å². The van der Waals surface area contributed by atoms with Gasteiger partial charge in [-0.15, -0.1) is 0 Å². The van der Waals surface area contributed by atoms with Gasteiger partial charge < -0.3 is 10.6 Å². The van der Waals surface area contributed by atoms with Gasteiger partial charge in [0.25, 0.3) is 0 Å². The third kappa shape index (κ3) is 5.73. The van der Waals surface area contributed by atoms with Crippen LogP contribution in [0.2, 0.25) is 5.02 Å². The van der Waals surface area contributed by atoms with Crippen LogP contribution in [0.1, 0.15) is 12.0 Å². The van der Waals surface area contributed by atoms with E-state index >= 15 is 0 Å². The number of halogens is 4. The highest BCUT2D eigenvalue weighted by atomic mass is 35.5. The van der Waals surface area contributed by atoms with Crippen LogP contribution in [0.5, 0.6) is 0 Å². The van der Waals surface area contributed by atoms with Crippen LogP contribution in [0.3, 0.4) is 0 Å². The van der Waals surface area contributed by atoms with E-state index in [1.165, 1.54) is 4.90 Å². The summed E-state index contributed by atoms with van der Waals surface area (Å²) >= 11 is 5.84. The smallest absolute Gasteiger partial charge is 0.334 e. The Balaban J connectivity index is 1.72. The number of hydrogen-bond acceptors (Lipinski definition) is 2. The van der Waals surface area contributed by atoms with Gasteiger partial charge in [0.1, 0.15) is 0 Å². The molecule has 0 bridgehead atoms. The molecule has 22 heavy (non-hydrogen) atoms. The van der Waals surface area contributed by atoms with Gasteiger partial charge in [0, 0.05) is 30.7 Å². The summed E-state index contributed by atoms with van der Waals surface area (Å²) in [5.41, 5.74) is 0.854. The minimum atomic E-state index is -4.20. The highest BCUT2D eigenvalue weighted by Gasteiger charge is 2.34. The number of hydrogen-bond donors (Lipinski definition) is 2. The summed E-state index contributed by atoms with van der Waals surface area (Å²) in [6.45, 7) is -0.0798. The highest BCUT2D eigenvalue weighted by Crippen LogP contribution is 2.19. The zero-order chi connectivity index (χ0) is 16.2. The van der Waals surface area contributed by atoms with E-state index < -0.39 is 12.7 Å². The standard InChI is InChI=1S/C14H17ClF3N3O/c15-11-3-1-2-10(6-11)7-19-13(22)20-12-4-5-21(8-12)9-14(16,17)18/h1-3,6,12H,4-5,7-9H2,(H2,19,20,22). The van der Waals surface area contributed by atoms with Gasteiger partial charge in [-0.2, -0.15) is 13.2 Å². The number of carbonyl (C=O) groups excluding carboxylic acids is 1. The van der Waals surface area contributed by atoms with E-state index in [4.69, 9.17) is 11.6 Å². The maximum absolute atomic E-state index is 12.3. The molecule has 4 nitrogen and oxygen atoms in total. The fourth-order valence-corrected chi connectivity index (χ4v) is 2.63. The molecule has 1 aromatic rings. The molecular formula is C14H17ClF3N3O. The lowest BCUT2D eigenvalue weighted by molar-refractivity contribution is -0.143. The lowest BCUT2D eigenvalue weighted by Gasteiger charge is -2.18. The van der Waals surface area contributed by atoms with Gasteiger partial charge in [-0.05, 0) is 24.1 Å². The molecule has 1 aliphatic rings. The Morgan fingerprint density at radius 1 is 1.41 bits per heavy atom. The van der Waals surface area contributed by atoms with Gasteiger partial charge in [0.15, 0.2) is 0 Å². The van der Waals surface area contributed by atoms with Crippen molar-refractivity contribution in [3.05, 3.63) is 34.9 Å². The second kappa shape index (κ2) is 7.19. The molecule has 0 aromatic heterocycles. The Morgan fingerprint density at radius 3 is 2.86 bits per heavy atom. The van der Waals surface area contributed by atoms with E-state index in [9.17, 15) is 18.0 Å².